The van der Waals surface area contributed by atoms with Crippen LogP contribution in [0.5, 0.6) is 0 Å². The number of likely N-dealkylation sites (tertiary alicyclic amines) is 1. The third-order valence-electron chi connectivity index (χ3n) is 5.27. The van der Waals surface area contributed by atoms with Crippen LogP contribution in [0.2, 0.25) is 0 Å². The molecule has 24 heavy (non-hydrogen) atoms. The van der Waals surface area contributed by atoms with Crippen molar-refractivity contribution in [2.75, 3.05) is 44.2 Å². The van der Waals surface area contributed by atoms with Crippen molar-refractivity contribution in [2.24, 2.45) is 0 Å². The number of hydrogen-bond donors (Lipinski definition) is 0. The van der Waals surface area contributed by atoms with Crippen LogP contribution in [0.1, 0.15) is 39.0 Å². The van der Waals surface area contributed by atoms with Crippen molar-refractivity contribution in [1.82, 2.24) is 19.8 Å². The van der Waals surface area contributed by atoms with E-state index in [-0.39, 0.29) is 0 Å². The van der Waals surface area contributed by atoms with Gasteiger partial charge in [-0.15, -0.1) is 0 Å². The van der Waals surface area contributed by atoms with E-state index >= 15 is 0 Å². The molecule has 6 heteroatoms. The molecule has 132 valence electrons. The normalized spacial score (nSPS) is 22.6. The summed E-state index contributed by atoms with van der Waals surface area (Å²) < 4.78 is 0. The Hall–Kier alpha value is -1.69. The lowest BCUT2D eigenvalue weighted by Gasteiger charge is -2.37. The lowest BCUT2D eigenvalue weighted by Crippen LogP contribution is -2.49. The van der Waals surface area contributed by atoms with E-state index in [2.05, 4.69) is 31.6 Å². The summed E-state index contributed by atoms with van der Waals surface area (Å²) in [5, 5.41) is 0. The minimum absolute atomic E-state index is 0.343. The first-order chi connectivity index (χ1) is 11.8. The van der Waals surface area contributed by atoms with Crippen molar-refractivity contribution < 1.29 is 4.79 Å². The number of carbonyl (C=O) groups is 1. The van der Waals surface area contributed by atoms with Crippen LogP contribution >= 0.6 is 0 Å². The fourth-order valence-electron chi connectivity index (χ4n) is 3.78. The molecule has 0 saturated carbocycles. The van der Waals surface area contributed by atoms with Crippen LogP contribution < -0.4 is 4.90 Å². The average molecular weight is 331 g/mol. The summed E-state index contributed by atoms with van der Waals surface area (Å²) in [4.78, 5) is 27.9. The van der Waals surface area contributed by atoms with Crippen LogP contribution in [0.4, 0.5) is 5.95 Å². The third-order valence-corrected chi connectivity index (χ3v) is 5.27. The average Bonchev–Trinajstić information content (AvgIpc) is 2.67. The minimum Gasteiger partial charge on any atom is -0.340 e. The quantitative estimate of drug-likeness (QED) is 0.823. The van der Waals surface area contributed by atoms with Gasteiger partial charge < -0.3 is 9.80 Å². The summed E-state index contributed by atoms with van der Waals surface area (Å²) in [7, 11) is 0. The van der Waals surface area contributed by atoms with E-state index in [4.69, 9.17) is 0 Å². The molecule has 2 aliphatic rings. The van der Waals surface area contributed by atoms with E-state index in [0.29, 0.717) is 18.4 Å². The molecule has 0 bridgehead atoms. The summed E-state index contributed by atoms with van der Waals surface area (Å²) in [5.74, 6) is 1.16. The molecule has 1 aromatic rings. The Bertz CT molecular complexity index is 515. The predicted octanol–water partition coefficient (Wildman–Crippen LogP) is 1.78. The number of carbonyl (C=O) groups excluding carboxylic acids is 1. The van der Waals surface area contributed by atoms with Crippen molar-refractivity contribution in [2.45, 2.75) is 45.1 Å². The number of rotatable bonds is 5. The van der Waals surface area contributed by atoms with E-state index in [1.54, 1.807) is 12.4 Å². The van der Waals surface area contributed by atoms with Crippen molar-refractivity contribution in [3.8, 4) is 0 Å². The second kappa shape index (κ2) is 8.42. The molecule has 0 N–H and O–H groups in total. The Morgan fingerprint density at radius 3 is 2.58 bits per heavy atom. The van der Waals surface area contributed by atoms with E-state index in [1.165, 1.54) is 12.8 Å². The molecule has 3 rings (SSSR count). The topological polar surface area (TPSA) is 52.6 Å². The van der Waals surface area contributed by atoms with Gasteiger partial charge in [0.1, 0.15) is 0 Å². The second-order valence-corrected chi connectivity index (χ2v) is 6.77. The van der Waals surface area contributed by atoms with Crippen LogP contribution in [0.15, 0.2) is 18.5 Å². The highest BCUT2D eigenvalue weighted by Gasteiger charge is 2.26. The molecule has 0 aromatic carbocycles. The Balaban J connectivity index is 1.42. The molecule has 0 spiro atoms. The fourth-order valence-corrected chi connectivity index (χ4v) is 3.78. The zero-order valence-corrected chi connectivity index (χ0v) is 14.7. The van der Waals surface area contributed by atoms with Crippen molar-refractivity contribution >= 4 is 11.9 Å². The first-order valence-electron chi connectivity index (χ1n) is 9.31. The Labute approximate surface area is 144 Å². The van der Waals surface area contributed by atoms with Gasteiger partial charge in [0.05, 0.1) is 0 Å². The molecule has 3 heterocycles. The predicted molar refractivity (Wildman–Crippen MR) is 94.9 cm³/mol. The number of piperazine rings is 1. The molecule has 2 aliphatic heterocycles. The fraction of sp³-hybridized carbons (Fsp3) is 0.722. The highest BCUT2D eigenvalue weighted by atomic mass is 16.2. The van der Waals surface area contributed by atoms with Crippen LogP contribution in [-0.2, 0) is 4.79 Å². The van der Waals surface area contributed by atoms with E-state index in [1.807, 2.05) is 6.07 Å². The molecular formula is C18H29N5O. The summed E-state index contributed by atoms with van der Waals surface area (Å²) in [6.45, 7) is 7.83. The zero-order chi connectivity index (χ0) is 16.8. The second-order valence-electron chi connectivity index (χ2n) is 6.77. The molecule has 1 atom stereocenters. The maximum absolute atomic E-state index is 12.6. The van der Waals surface area contributed by atoms with Crippen LogP contribution in [0.3, 0.4) is 0 Å². The molecule has 0 aliphatic carbocycles. The van der Waals surface area contributed by atoms with Crippen LogP contribution in [-0.4, -0.2) is 71.0 Å². The number of anilines is 1. The highest BCUT2D eigenvalue weighted by Crippen LogP contribution is 2.20. The van der Waals surface area contributed by atoms with Crippen molar-refractivity contribution in [3.05, 3.63) is 18.5 Å². The molecule has 1 aromatic heterocycles. The molecule has 1 amide bonds. The van der Waals surface area contributed by atoms with Crippen molar-refractivity contribution in [1.29, 1.82) is 0 Å². The Morgan fingerprint density at radius 1 is 1.12 bits per heavy atom. The third kappa shape index (κ3) is 4.23. The number of amides is 1. The number of nitrogens with zero attached hydrogens (tertiary/aromatic N) is 5. The van der Waals surface area contributed by atoms with Crippen LogP contribution in [0.25, 0.3) is 0 Å². The van der Waals surface area contributed by atoms with Gasteiger partial charge in [0.15, 0.2) is 0 Å². The van der Waals surface area contributed by atoms with Crippen molar-refractivity contribution in [3.63, 3.8) is 0 Å². The minimum atomic E-state index is 0.343. The molecular weight excluding hydrogens is 302 g/mol. The summed E-state index contributed by atoms with van der Waals surface area (Å²) in [5.41, 5.74) is 0. The Kier molecular flexibility index (Phi) is 6.01. The number of hydrogen-bond acceptors (Lipinski definition) is 5. The monoisotopic (exact) mass is 331 g/mol. The highest BCUT2D eigenvalue weighted by molar-refractivity contribution is 5.76. The summed E-state index contributed by atoms with van der Waals surface area (Å²) >= 11 is 0. The maximum Gasteiger partial charge on any atom is 0.225 e. The Morgan fingerprint density at radius 2 is 1.88 bits per heavy atom. The SMILES string of the molecule is CCC1CCCCN1C(=O)CCN1CCN(c2ncccn2)CC1. The first-order valence-corrected chi connectivity index (χ1v) is 9.31. The summed E-state index contributed by atoms with van der Waals surface area (Å²) in [6, 6.07) is 2.31. The lowest BCUT2D eigenvalue weighted by molar-refractivity contribution is -0.135. The molecule has 2 saturated heterocycles. The van der Waals surface area contributed by atoms with E-state index in [0.717, 1.165) is 58.1 Å². The number of aromatic nitrogens is 2. The number of piperidine rings is 1. The van der Waals surface area contributed by atoms with Crippen LogP contribution in [0, 0.1) is 0 Å². The maximum atomic E-state index is 12.6. The molecule has 2 fully saturated rings. The smallest absolute Gasteiger partial charge is 0.225 e. The first kappa shape index (κ1) is 17.1. The largest absolute Gasteiger partial charge is 0.340 e. The van der Waals surface area contributed by atoms with Gasteiger partial charge in [-0.2, -0.15) is 0 Å². The van der Waals surface area contributed by atoms with Gasteiger partial charge in [-0.3, -0.25) is 9.69 Å². The van der Waals surface area contributed by atoms with E-state index < -0.39 is 0 Å². The van der Waals surface area contributed by atoms with Gasteiger partial charge in [0, 0.05) is 64.1 Å². The van der Waals surface area contributed by atoms with Gasteiger partial charge >= 0.3 is 0 Å². The standard InChI is InChI=1S/C18H29N5O/c1-2-16-6-3-4-10-23(16)17(24)7-11-21-12-14-22(15-13-21)18-19-8-5-9-20-18/h5,8-9,16H,2-4,6-7,10-15H2,1H3. The zero-order valence-electron chi connectivity index (χ0n) is 14.7. The summed E-state index contributed by atoms with van der Waals surface area (Å²) in [6.07, 6.45) is 8.92. The molecule has 6 nitrogen and oxygen atoms in total. The molecule has 0 radical (unpaired) electrons. The van der Waals surface area contributed by atoms with Gasteiger partial charge in [-0.1, -0.05) is 6.92 Å². The van der Waals surface area contributed by atoms with Gasteiger partial charge in [0.25, 0.3) is 0 Å². The van der Waals surface area contributed by atoms with Gasteiger partial charge in [0.2, 0.25) is 11.9 Å². The van der Waals surface area contributed by atoms with Gasteiger partial charge in [-0.25, -0.2) is 9.97 Å². The van der Waals surface area contributed by atoms with E-state index in [9.17, 15) is 4.79 Å². The van der Waals surface area contributed by atoms with Gasteiger partial charge in [-0.05, 0) is 31.7 Å². The lowest BCUT2D eigenvalue weighted by atomic mass is 9.99. The molecule has 1 unspecified atom stereocenters.